The Morgan fingerprint density at radius 2 is 1.93 bits per heavy atom. The van der Waals surface area contributed by atoms with E-state index in [1.807, 2.05) is 45.0 Å². The molecular formula is C23H25N3O4. The number of nitrogens with zero attached hydrogens (tertiary/aromatic N) is 2. The van der Waals surface area contributed by atoms with E-state index in [2.05, 4.69) is 10.3 Å². The Kier molecular flexibility index (Phi) is 5.20. The van der Waals surface area contributed by atoms with Crippen molar-refractivity contribution in [2.24, 2.45) is 0 Å². The van der Waals surface area contributed by atoms with E-state index in [4.69, 9.17) is 9.15 Å². The van der Waals surface area contributed by atoms with Gasteiger partial charge in [-0.05, 0) is 51.5 Å². The number of aromatic nitrogens is 1. The van der Waals surface area contributed by atoms with Crippen molar-refractivity contribution in [3.8, 4) is 11.3 Å². The van der Waals surface area contributed by atoms with Gasteiger partial charge in [0.25, 0.3) is 5.91 Å². The molecule has 1 atom stereocenters. The summed E-state index contributed by atoms with van der Waals surface area (Å²) in [5.74, 6) is -0.160. The Morgan fingerprint density at radius 1 is 1.17 bits per heavy atom. The van der Waals surface area contributed by atoms with E-state index in [-0.39, 0.29) is 18.0 Å². The number of hydrogen-bond acceptors (Lipinski definition) is 5. The van der Waals surface area contributed by atoms with E-state index in [1.165, 1.54) is 0 Å². The second kappa shape index (κ2) is 7.82. The first kappa shape index (κ1) is 19.9. The largest absolute Gasteiger partial charge is 0.464 e. The summed E-state index contributed by atoms with van der Waals surface area (Å²) >= 11 is 0. The SMILES string of the molecule is CC(C)(C)OC(=O)N1CC[C@H](NC(=O)c2ccc(-c3nccc4occc34)cc2)C1. The normalized spacial score (nSPS) is 16.6. The van der Waals surface area contributed by atoms with Gasteiger partial charge in [-0.1, -0.05) is 12.1 Å². The third-order valence-electron chi connectivity index (χ3n) is 4.98. The molecule has 7 heteroatoms. The smallest absolute Gasteiger partial charge is 0.410 e. The molecule has 156 valence electrons. The number of likely N-dealkylation sites (tertiary alicyclic amines) is 1. The van der Waals surface area contributed by atoms with E-state index in [0.29, 0.717) is 25.1 Å². The topological polar surface area (TPSA) is 84.7 Å². The average Bonchev–Trinajstić information content (AvgIpc) is 3.36. The van der Waals surface area contributed by atoms with Crippen molar-refractivity contribution in [3.05, 3.63) is 54.4 Å². The monoisotopic (exact) mass is 407 g/mol. The molecule has 1 aromatic carbocycles. The van der Waals surface area contributed by atoms with Gasteiger partial charge in [0.05, 0.1) is 12.0 Å². The molecule has 3 aromatic rings. The van der Waals surface area contributed by atoms with Gasteiger partial charge < -0.3 is 19.4 Å². The molecule has 1 fully saturated rings. The Morgan fingerprint density at radius 3 is 2.67 bits per heavy atom. The minimum Gasteiger partial charge on any atom is -0.464 e. The number of ether oxygens (including phenoxy) is 1. The first-order valence-electron chi connectivity index (χ1n) is 10.0. The summed E-state index contributed by atoms with van der Waals surface area (Å²) < 4.78 is 10.8. The van der Waals surface area contributed by atoms with Gasteiger partial charge in [0.15, 0.2) is 0 Å². The van der Waals surface area contributed by atoms with Crippen molar-refractivity contribution in [1.29, 1.82) is 0 Å². The lowest BCUT2D eigenvalue weighted by molar-refractivity contribution is 0.0290. The highest BCUT2D eigenvalue weighted by Crippen LogP contribution is 2.27. The number of rotatable bonds is 3. The van der Waals surface area contributed by atoms with Crippen LogP contribution in [0.25, 0.3) is 22.2 Å². The fourth-order valence-corrected chi connectivity index (χ4v) is 3.54. The highest BCUT2D eigenvalue weighted by Gasteiger charge is 2.30. The lowest BCUT2D eigenvalue weighted by Gasteiger charge is -2.24. The van der Waals surface area contributed by atoms with Crippen LogP contribution in [0.1, 0.15) is 37.6 Å². The Labute approximate surface area is 175 Å². The number of carbonyl (C=O) groups excluding carboxylic acids is 2. The van der Waals surface area contributed by atoms with Crippen LogP contribution in [-0.4, -0.2) is 46.6 Å². The van der Waals surface area contributed by atoms with E-state index in [1.54, 1.807) is 29.5 Å². The number of furan rings is 1. The van der Waals surface area contributed by atoms with Gasteiger partial charge in [0.2, 0.25) is 0 Å². The van der Waals surface area contributed by atoms with Gasteiger partial charge in [-0.15, -0.1) is 0 Å². The minimum absolute atomic E-state index is 0.0916. The Hall–Kier alpha value is -3.35. The Bertz CT molecular complexity index is 1070. The fourth-order valence-electron chi connectivity index (χ4n) is 3.54. The van der Waals surface area contributed by atoms with Gasteiger partial charge in [0.1, 0.15) is 11.2 Å². The molecule has 0 spiro atoms. The quantitative estimate of drug-likeness (QED) is 0.702. The van der Waals surface area contributed by atoms with Gasteiger partial charge >= 0.3 is 6.09 Å². The summed E-state index contributed by atoms with van der Waals surface area (Å²) in [4.78, 5) is 30.9. The molecule has 7 nitrogen and oxygen atoms in total. The molecule has 0 aliphatic carbocycles. The number of hydrogen-bond donors (Lipinski definition) is 1. The number of carbonyl (C=O) groups is 2. The summed E-state index contributed by atoms with van der Waals surface area (Å²) in [6.07, 6.45) is 3.71. The summed E-state index contributed by atoms with van der Waals surface area (Å²) in [6, 6.07) is 10.9. The third kappa shape index (κ3) is 4.30. The van der Waals surface area contributed by atoms with Gasteiger partial charge in [-0.2, -0.15) is 0 Å². The van der Waals surface area contributed by atoms with Crippen molar-refractivity contribution in [2.45, 2.75) is 38.8 Å². The van der Waals surface area contributed by atoms with E-state index < -0.39 is 5.60 Å². The van der Waals surface area contributed by atoms with Crippen LogP contribution in [0.15, 0.2) is 53.3 Å². The van der Waals surface area contributed by atoms with Crippen LogP contribution in [0.2, 0.25) is 0 Å². The molecule has 1 aliphatic heterocycles. The van der Waals surface area contributed by atoms with Gasteiger partial charge in [0, 0.05) is 41.8 Å². The zero-order valence-corrected chi connectivity index (χ0v) is 17.3. The molecule has 0 bridgehead atoms. The average molecular weight is 407 g/mol. The summed E-state index contributed by atoms with van der Waals surface area (Å²) in [5.41, 5.74) is 2.54. The molecule has 4 rings (SSSR count). The second-order valence-corrected chi connectivity index (χ2v) is 8.45. The molecule has 1 saturated heterocycles. The Balaban J connectivity index is 1.39. The molecule has 0 unspecified atom stereocenters. The number of fused-ring (bicyclic) bond motifs is 1. The molecule has 0 saturated carbocycles. The van der Waals surface area contributed by atoms with Crippen LogP contribution in [0, 0.1) is 0 Å². The number of benzene rings is 1. The van der Waals surface area contributed by atoms with Gasteiger partial charge in [-0.25, -0.2) is 4.79 Å². The number of amides is 2. The molecule has 0 radical (unpaired) electrons. The summed E-state index contributed by atoms with van der Waals surface area (Å²) in [6.45, 7) is 6.54. The van der Waals surface area contributed by atoms with Crippen LogP contribution in [0.5, 0.6) is 0 Å². The van der Waals surface area contributed by atoms with E-state index >= 15 is 0 Å². The van der Waals surface area contributed by atoms with E-state index in [0.717, 1.165) is 22.2 Å². The lowest BCUT2D eigenvalue weighted by atomic mass is 10.1. The maximum Gasteiger partial charge on any atom is 0.410 e. The third-order valence-corrected chi connectivity index (χ3v) is 4.98. The fraction of sp³-hybridized carbons (Fsp3) is 0.348. The van der Waals surface area contributed by atoms with Crippen molar-refractivity contribution in [3.63, 3.8) is 0 Å². The summed E-state index contributed by atoms with van der Waals surface area (Å²) in [7, 11) is 0. The van der Waals surface area contributed by atoms with Crippen molar-refractivity contribution >= 4 is 23.0 Å². The van der Waals surface area contributed by atoms with Crippen molar-refractivity contribution in [1.82, 2.24) is 15.2 Å². The number of pyridine rings is 1. The molecule has 2 amide bonds. The minimum atomic E-state index is -0.532. The predicted octanol–water partition coefficient (Wildman–Crippen LogP) is 4.23. The van der Waals surface area contributed by atoms with Crippen LogP contribution < -0.4 is 5.32 Å². The molecule has 2 aromatic heterocycles. The zero-order valence-electron chi connectivity index (χ0n) is 17.3. The molecule has 1 N–H and O–H groups in total. The van der Waals surface area contributed by atoms with Crippen LogP contribution in [0.4, 0.5) is 4.79 Å². The van der Waals surface area contributed by atoms with Gasteiger partial charge in [-0.3, -0.25) is 9.78 Å². The first-order chi connectivity index (χ1) is 14.3. The van der Waals surface area contributed by atoms with Crippen LogP contribution in [-0.2, 0) is 4.74 Å². The molecule has 30 heavy (non-hydrogen) atoms. The maximum atomic E-state index is 12.6. The van der Waals surface area contributed by atoms with Crippen molar-refractivity contribution in [2.75, 3.05) is 13.1 Å². The van der Waals surface area contributed by atoms with Crippen LogP contribution in [0.3, 0.4) is 0 Å². The standard InChI is InChI=1S/C23H25N3O4/c1-23(2,3)30-22(28)26-12-9-17(14-26)25-21(27)16-6-4-15(5-7-16)20-18-10-13-29-19(18)8-11-24-20/h4-8,10-11,13,17H,9,12,14H2,1-3H3,(H,25,27)/t17-/m0/s1. The van der Waals surface area contributed by atoms with E-state index in [9.17, 15) is 9.59 Å². The predicted molar refractivity (Wildman–Crippen MR) is 113 cm³/mol. The summed E-state index contributed by atoms with van der Waals surface area (Å²) in [5, 5.41) is 3.94. The zero-order chi connectivity index (χ0) is 21.3. The highest BCUT2D eigenvalue weighted by molar-refractivity contribution is 5.96. The lowest BCUT2D eigenvalue weighted by Crippen LogP contribution is -2.40. The van der Waals surface area contributed by atoms with Crippen LogP contribution >= 0.6 is 0 Å². The number of nitrogens with one attached hydrogen (secondary N) is 1. The second-order valence-electron chi connectivity index (χ2n) is 8.45. The molecule has 1 aliphatic rings. The van der Waals surface area contributed by atoms with Crippen molar-refractivity contribution < 1.29 is 18.7 Å². The highest BCUT2D eigenvalue weighted by atomic mass is 16.6. The first-order valence-corrected chi connectivity index (χ1v) is 10.0. The maximum absolute atomic E-state index is 12.6. The molecule has 3 heterocycles. The molecular weight excluding hydrogens is 382 g/mol.